The summed E-state index contributed by atoms with van der Waals surface area (Å²) < 4.78 is 5.13. The van der Waals surface area contributed by atoms with Crippen LogP contribution < -0.4 is 16.4 Å². The second-order valence-corrected chi connectivity index (χ2v) is 7.53. The number of rotatable bonds is 12. The standard InChI is InChI=1S/C17H35N3O8/c1-17(2,3)28-16(27)20-10(6-4-5-7-18)15(26)19-8-11(22)13(24)14(25)12(23)9-21/h10-14,21-25H,4-9,18H2,1-3H3,(H,19,26)(H,20,27). The predicted molar refractivity (Wildman–Crippen MR) is 100 cm³/mol. The number of hydrogen-bond donors (Lipinski definition) is 8. The molecular formula is C17H35N3O8. The molecule has 0 fully saturated rings. The highest BCUT2D eigenvalue weighted by atomic mass is 16.6. The Morgan fingerprint density at radius 1 is 1.04 bits per heavy atom. The first-order valence-electron chi connectivity index (χ1n) is 9.23. The highest BCUT2D eigenvalue weighted by Gasteiger charge is 2.31. The van der Waals surface area contributed by atoms with Gasteiger partial charge in [0.05, 0.1) is 12.7 Å². The molecule has 9 N–H and O–H groups in total. The van der Waals surface area contributed by atoms with Crippen molar-refractivity contribution in [2.45, 2.75) is 76.1 Å². The van der Waals surface area contributed by atoms with Gasteiger partial charge in [0, 0.05) is 6.54 Å². The Bertz CT molecular complexity index is 472. The number of hydrogen-bond acceptors (Lipinski definition) is 9. The summed E-state index contributed by atoms with van der Waals surface area (Å²) in [5, 5.41) is 52.1. The molecule has 5 unspecified atom stereocenters. The van der Waals surface area contributed by atoms with Gasteiger partial charge < -0.3 is 46.6 Å². The molecule has 0 aliphatic rings. The number of amides is 2. The van der Waals surface area contributed by atoms with E-state index in [1.165, 1.54) is 0 Å². The molecule has 11 heteroatoms. The smallest absolute Gasteiger partial charge is 0.408 e. The summed E-state index contributed by atoms with van der Waals surface area (Å²) in [5.41, 5.74) is 4.69. The molecule has 0 aliphatic heterocycles. The van der Waals surface area contributed by atoms with Crippen LogP contribution in [0.25, 0.3) is 0 Å². The molecule has 0 bridgehead atoms. The second kappa shape index (κ2) is 12.9. The maximum Gasteiger partial charge on any atom is 0.408 e. The van der Waals surface area contributed by atoms with Crippen molar-refractivity contribution in [1.82, 2.24) is 10.6 Å². The van der Waals surface area contributed by atoms with Gasteiger partial charge in [-0.1, -0.05) is 0 Å². The lowest BCUT2D eigenvalue weighted by Crippen LogP contribution is -2.53. The molecule has 0 spiro atoms. The Labute approximate surface area is 164 Å². The van der Waals surface area contributed by atoms with E-state index in [0.717, 1.165) is 0 Å². The van der Waals surface area contributed by atoms with Crippen LogP contribution in [0, 0.1) is 0 Å². The van der Waals surface area contributed by atoms with Crippen molar-refractivity contribution in [1.29, 1.82) is 0 Å². The zero-order chi connectivity index (χ0) is 21.9. The fourth-order valence-corrected chi connectivity index (χ4v) is 2.22. The molecule has 0 rings (SSSR count). The van der Waals surface area contributed by atoms with Crippen LogP contribution in [-0.2, 0) is 9.53 Å². The summed E-state index contributed by atoms with van der Waals surface area (Å²) in [6.07, 6.45) is -6.11. The Kier molecular flexibility index (Phi) is 12.2. The predicted octanol–water partition coefficient (Wildman–Crippen LogP) is -2.44. The third kappa shape index (κ3) is 10.7. The molecule has 0 saturated heterocycles. The van der Waals surface area contributed by atoms with Crippen molar-refractivity contribution < 1.29 is 39.9 Å². The average molecular weight is 409 g/mol. The van der Waals surface area contributed by atoms with Crippen molar-refractivity contribution in [2.75, 3.05) is 19.7 Å². The van der Waals surface area contributed by atoms with Crippen LogP contribution in [0.3, 0.4) is 0 Å². The van der Waals surface area contributed by atoms with Gasteiger partial charge >= 0.3 is 6.09 Å². The minimum atomic E-state index is -1.79. The number of nitrogens with two attached hydrogens (primary N) is 1. The van der Waals surface area contributed by atoms with E-state index in [0.29, 0.717) is 19.4 Å². The third-order valence-electron chi connectivity index (χ3n) is 3.77. The van der Waals surface area contributed by atoms with Crippen LogP contribution in [0.2, 0.25) is 0 Å². The lowest BCUT2D eigenvalue weighted by Gasteiger charge is -2.27. The summed E-state index contributed by atoms with van der Waals surface area (Å²) in [6, 6.07) is -0.946. The molecule has 5 atom stereocenters. The van der Waals surface area contributed by atoms with Gasteiger partial charge in [-0.15, -0.1) is 0 Å². The molecule has 166 valence electrons. The molecule has 0 heterocycles. The first-order valence-corrected chi connectivity index (χ1v) is 9.23. The fraction of sp³-hybridized carbons (Fsp3) is 0.882. The number of carbonyl (C=O) groups excluding carboxylic acids is 2. The van der Waals surface area contributed by atoms with Crippen LogP contribution in [-0.4, -0.2) is 93.3 Å². The van der Waals surface area contributed by atoms with Gasteiger partial charge in [0.1, 0.15) is 30.0 Å². The molecule has 28 heavy (non-hydrogen) atoms. The van der Waals surface area contributed by atoms with E-state index in [4.69, 9.17) is 15.6 Å². The Morgan fingerprint density at radius 2 is 1.61 bits per heavy atom. The van der Waals surface area contributed by atoms with Gasteiger partial charge in [0.25, 0.3) is 0 Å². The summed E-state index contributed by atoms with van der Waals surface area (Å²) in [7, 11) is 0. The molecule has 0 aliphatic carbocycles. The molecule has 0 aromatic carbocycles. The fourth-order valence-electron chi connectivity index (χ4n) is 2.22. The van der Waals surface area contributed by atoms with Gasteiger partial charge in [0.15, 0.2) is 0 Å². The largest absolute Gasteiger partial charge is 0.444 e. The molecule has 0 aromatic rings. The molecule has 0 radical (unpaired) electrons. The number of nitrogens with one attached hydrogen (secondary N) is 2. The monoisotopic (exact) mass is 409 g/mol. The summed E-state index contributed by atoms with van der Waals surface area (Å²) in [6.45, 7) is 4.22. The van der Waals surface area contributed by atoms with Crippen LogP contribution >= 0.6 is 0 Å². The van der Waals surface area contributed by atoms with Crippen LogP contribution in [0.15, 0.2) is 0 Å². The van der Waals surface area contributed by atoms with Crippen LogP contribution in [0.5, 0.6) is 0 Å². The normalized spacial score (nSPS) is 17.2. The molecule has 2 amide bonds. The van der Waals surface area contributed by atoms with Gasteiger partial charge in [-0.3, -0.25) is 4.79 Å². The maximum absolute atomic E-state index is 12.4. The summed E-state index contributed by atoms with van der Waals surface area (Å²) in [4.78, 5) is 24.3. The number of ether oxygens (including phenoxy) is 1. The van der Waals surface area contributed by atoms with E-state index in [2.05, 4.69) is 10.6 Å². The first-order chi connectivity index (χ1) is 12.9. The zero-order valence-electron chi connectivity index (χ0n) is 16.7. The van der Waals surface area contributed by atoms with Gasteiger partial charge in [0.2, 0.25) is 5.91 Å². The molecular weight excluding hydrogens is 374 g/mol. The lowest BCUT2D eigenvalue weighted by molar-refractivity contribution is -0.127. The van der Waals surface area contributed by atoms with Crippen molar-refractivity contribution in [3.8, 4) is 0 Å². The minimum Gasteiger partial charge on any atom is -0.444 e. The van der Waals surface area contributed by atoms with Crippen molar-refractivity contribution in [3.63, 3.8) is 0 Å². The van der Waals surface area contributed by atoms with E-state index in [9.17, 15) is 30.0 Å². The zero-order valence-corrected chi connectivity index (χ0v) is 16.7. The maximum atomic E-state index is 12.4. The molecule has 0 saturated carbocycles. The van der Waals surface area contributed by atoms with E-state index in [1.54, 1.807) is 20.8 Å². The van der Waals surface area contributed by atoms with Crippen LogP contribution in [0.4, 0.5) is 4.79 Å². The van der Waals surface area contributed by atoms with E-state index >= 15 is 0 Å². The van der Waals surface area contributed by atoms with Crippen molar-refractivity contribution >= 4 is 12.0 Å². The highest BCUT2D eigenvalue weighted by Crippen LogP contribution is 2.09. The number of unbranched alkanes of at least 4 members (excludes halogenated alkanes) is 1. The van der Waals surface area contributed by atoms with Crippen molar-refractivity contribution in [2.24, 2.45) is 5.73 Å². The van der Waals surface area contributed by atoms with E-state index < -0.39 is 61.2 Å². The average Bonchev–Trinajstić information content (AvgIpc) is 2.61. The van der Waals surface area contributed by atoms with E-state index in [1.807, 2.05) is 0 Å². The topological polar surface area (TPSA) is 195 Å². The Balaban J connectivity index is 4.78. The molecule has 11 nitrogen and oxygen atoms in total. The van der Waals surface area contributed by atoms with Gasteiger partial charge in [-0.05, 0) is 46.6 Å². The summed E-state index contributed by atoms with van der Waals surface area (Å²) in [5.74, 6) is -0.619. The minimum absolute atomic E-state index is 0.285. The van der Waals surface area contributed by atoms with Gasteiger partial charge in [-0.25, -0.2) is 4.79 Å². The quantitative estimate of drug-likeness (QED) is 0.162. The summed E-state index contributed by atoms with van der Waals surface area (Å²) >= 11 is 0. The van der Waals surface area contributed by atoms with Crippen molar-refractivity contribution in [3.05, 3.63) is 0 Å². The van der Waals surface area contributed by atoms with Crippen LogP contribution in [0.1, 0.15) is 40.0 Å². The number of alkyl carbamates (subject to hydrolysis) is 1. The van der Waals surface area contributed by atoms with Gasteiger partial charge in [-0.2, -0.15) is 0 Å². The lowest BCUT2D eigenvalue weighted by atomic mass is 10.0. The Hall–Kier alpha value is -1.50. The SMILES string of the molecule is CC(C)(C)OC(=O)NC(CCCCN)C(=O)NCC(O)C(O)C(O)C(O)CO. The van der Waals surface area contributed by atoms with E-state index in [-0.39, 0.29) is 6.42 Å². The Morgan fingerprint density at radius 3 is 2.11 bits per heavy atom. The number of aliphatic hydroxyl groups is 5. The molecule has 0 aromatic heterocycles. The second-order valence-electron chi connectivity index (χ2n) is 7.53. The number of aliphatic hydroxyl groups excluding tert-OH is 5. The highest BCUT2D eigenvalue weighted by molar-refractivity contribution is 5.85. The first kappa shape index (κ1) is 26.5. The number of carbonyl (C=O) groups is 2. The third-order valence-corrected chi connectivity index (χ3v) is 3.77.